The fourth-order valence-electron chi connectivity index (χ4n) is 2.17. The highest BCUT2D eigenvalue weighted by molar-refractivity contribution is 6.02. The van der Waals surface area contributed by atoms with E-state index in [1.165, 1.54) is 17.1 Å². The number of rotatable bonds is 7. The van der Waals surface area contributed by atoms with Crippen LogP contribution in [-0.2, 0) is 9.53 Å². The van der Waals surface area contributed by atoms with Gasteiger partial charge >= 0.3 is 5.97 Å². The first-order chi connectivity index (χ1) is 13.2. The summed E-state index contributed by atoms with van der Waals surface area (Å²) < 4.78 is 6.45. The van der Waals surface area contributed by atoms with Crippen molar-refractivity contribution in [2.45, 2.75) is 13.0 Å². The first-order valence-electron chi connectivity index (χ1n) is 8.16. The Morgan fingerprint density at radius 3 is 2.85 bits per heavy atom. The summed E-state index contributed by atoms with van der Waals surface area (Å²) in [6.45, 7) is 1.87. The second kappa shape index (κ2) is 8.52. The van der Waals surface area contributed by atoms with E-state index in [2.05, 4.69) is 31.1 Å². The summed E-state index contributed by atoms with van der Waals surface area (Å²) in [6, 6.07) is 10.9. The van der Waals surface area contributed by atoms with Gasteiger partial charge in [0.15, 0.2) is 17.5 Å². The van der Waals surface area contributed by atoms with E-state index in [0.29, 0.717) is 17.0 Å². The van der Waals surface area contributed by atoms with E-state index >= 15 is 0 Å². The Balaban J connectivity index is 1.69. The van der Waals surface area contributed by atoms with Crippen LogP contribution in [0.5, 0.6) is 0 Å². The summed E-state index contributed by atoms with van der Waals surface area (Å²) in [5, 5.41) is 18.3. The smallest absolute Gasteiger partial charge is 0.334 e. The number of anilines is 1. The van der Waals surface area contributed by atoms with Crippen LogP contribution in [0.3, 0.4) is 0 Å². The maximum Gasteiger partial charge on any atom is 0.334 e. The number of esters is 1. The molecule has 0 bridgehead atoms. The summed E-state index contributed by atoms with van der Waals surface area (Å²) in [6.07, 6.45) is 2.70. The molecule has 0 saturated carbocycles. The second-order valence-electron chi connectivity index (χ2n) is 5.31. The molecule has 10 heteroatoms. The number of nitrogens with zero attached hydrogens (tertiary/aromatic N) is 5. The molecular weight excluding hydrogens is 350 g/mol. The number of hydrogen-bond acceptors (Lipinski definition) is 8. The Bertz CT molecular complexity index is 955. The van der Waals surface area contributed by atoms with Crippen LogP contribution >= 0.6 is 0 Å². The highest BCUT2D eigenvalue weighted by atomic mass is 16.5. The molecule has 1 atom stereocenters. The van der Waals surface area contributed by atoms with Crippen molar-refractivity contribution in [2.24, 2.45) is 5.10 Å². The number of hydrogen-bond donors (Lipinski definition) is 2. The minimum atomic E-state index is -1.05. The second-order valence-corrected chi connectivity index (χ2v) is 5.31. The van der Waals surface area contributed by atoms with E-state index < -0.39 is 17.9 Å². The van der Waals surface area contributed by atoms with Gasteiger partial charge in [0.25, 0.3) is 5.91 Å². The number of benzene rings is 1. The van der Waals surface area contributed by atoms with Crippen LogP contribution in [0, 0.1) is 0 Å². The Morgan fingerprint density at radius 1 is 1.26 bits per heavy atom. The van der Waals surface area contributed by atoms with Gasteiger partial charge in [0.2, 0.25) is 0 Å². The lowest BCUT2D eigenvalue weighted by Gasteiger charge is -2.13. The number of aromatic nitrogens is 4. The quantitative estimate of drug-likeness (QED) is 0.361. The number of carbonyl (C=O) groups excluding carboxylic acids is 2. The zero-order chi connectivity index (χ0) is 19.1. The molecular formula is C17H17N7O3. The summed E-state index contributed by atoms with van der Waals surface area (Å²) >= 11 is 0. The van der Waals surface area contributed by atoms with Gasteiger partial charge in [0.05, 0.1) is 12.8 Å². The molecule has 0 fully saturated rings. The molecule has 10 nitrogen and oxygen atoms in total. The van der Waals surface area contributed by atoms with Crippen LogP contribution in [0.25, 0.3) is 5.65 Å². The molecule has 3 rings (SSSR count). The topological polar surface area (TPSA) is 123 Å². The summed E-state index contributed by atoms with van der Waals surface area (Å²) in [5.41, 5.74) is 3.70. The Morgan fingerprint density at radius 2 is 2.07 bits per heavy atom. The van der Waals surface area contributed by atoms with Crippen LogP contribution < -0.4 is 10.7 Å². The third-order valence-electron chi connectivity index (χ3n) is 3.43. The zero-order valence-electron chi connectivity index (χ0n) is 14.4. The van der Waals surface area contributed by atoms with Crippen LogP contribution in [-0.4, -0.2) is 50.6 Å². The molecule has 1 unspecified atom stereocenters. The predicted octanol–water partition coefficient (Wildman–Crippen LogP) is 0.884. The number of ether oxygens (including phenoxy) is 1. The van der Waals surface area contributed by atoms with Crippen LogP contribution in [0.2, 0.25) is 0 Å². The monoisotopic (exact) mass is 367 g/mol. The molecule has 2 heterocycles. The highest BCUT2D eigenvalue weighted by Crippen LogP contribution is 2.04. The maximum atomic E-state index is 12.3. The molecule has 3 aromatic rings. The lowest BCUT2D eigenvalue weighted by Crippen LogP contribution is -2.43. The van der Waals surface area contributed by atoms with Gasteiger partial charge in [-0.15, -0.1) is 15.3 Å². The van der Waals surface area contributed by atoms with E-state index in [4.69, 9.17) is 4.74 Å². The molecule has 0 aliphatic heterocycles. The molecule has 2 aromatic heterocycles. The van der Waals surface area contributed by atoms with Crippen molar-refractivity contribution in [2.75, 3.05) is 12.0 Å². The largest absolute Gasteiger partial charge is 0.464 e. The molecule has 2 N–H and O–H groups in total. The molecule has 0 spiro atoms. The normalized spacial score (nSPS) is 12.0. The maximum absolute atomic E-state index is 12.3. The molecule has 138 valence electrons. The summed E-state index contributed by atoms with van der Waals surface area (Å²) in [7, 11) is 0. The lowest BCUT2D eigenvalue weighted by molar-refractivity contribution is -0.143. The average molecular weight is 367 g/mol. The van der Waals surface area contributed by atoms with E-state index in [-0.39, 0.29) is 6.61 Å². The molecule has 1 amide bonds. The van der Waals surface area contributed by atoms with Crippen LogP contribution in [0.1, 0.15) is 17.3 Å². The van der Waals surface area contributed by atoms with E-state index in [0.717, 1.165) is 0 Å². The Kier molecular flexibility index (Phi) is 5.67. The molecule has 0 aliphatic carbocycles. The van der Waals surface area contributed by atoms with Crippen molar-refractivity contribution < 1.29 is 14.3 Å². The minimum Gasteiger partial charge on any atom is -0.464 e. The van der Waals surface area contributed by atoms with Crippen molar-refractivity contribution in [1.29, 1.82) is 0 Å². The Labute approximate surface area is 154 Å². The van der Waals surface area contributed by atoms with E-state index in [1.54, 1.807) is 49.4 Å². The highest BCUT2D eigenvalue weighted by Gasteiger charge is 2.20. The van der Waals surface area contributed by atoms with Gasteiger partial charge < -0.3 is 10.1 Å². The zero-order valence-corrected chi connectivity index (χ0v) is 14.4. The molecule has 0 radical (unpaired) electrons. The fraction of sp³-hybridized carbons (Fsp3) is 0.176. The first-order valence-corrected chi connectivity index (χ1v) is 8.16. The summed E-state index contributed by atoms with van der Waals surface area (Å²) in [4.78, 5) is 24.4. The SMILES string of the molecule is CCOC(=O)C(/C=N/Nc1ccc2nncn2n1)NC(=O)c1ccccc1. The van der Waals surface area contributed by atoms with Gasteiger partial charge in [-0.1, -0.05) is 18.2 Å². The standard InChI is InChI=1S/C17H17N7O3/c1-2-27-17(26)13(20-16(25)12-6-4-3-5-7-12)10-18-21-14-8-9-15-22-19-11-24(15)23-14/h3-11,13H,2H2,1H3,(H,20,25)(H,21,23)/b18-10+. The number of hydrazone groups is 1. The molecule has 0 aliphatic rings. The predicted molar refractivity (Wildman–Crippen MR) is 97.2 cm³/mol. The number of nitrogens with one attached hydrogen (secondary N) is 2. The Hall–Kier alpha value is -3.82. The van der Waals surface area contributed by atoms with Crippen molar-refractivity contribution in [3.8, 4) is 0 Å². The van der Waals surface area contributed by atoms with Crippen molar-refractivity contribution in [1.82, 2.24) is 25.1 Å². The molecule has 0 saturated heterocycles. The third-order valence-corrected chi connectivity index (χ3v) is 3.43. The van der Waals surface area contributed by atoms with Gasteiger partial charge in [-0.3, -0.25) is 10.2 Å². The number of amides is 1. The van der Waals surface area contributed by atoms with Crippen molar-refractivity contribution in [3.63, 3.8) is 0 Å². The molecule has 1 aromatic carbocycles. The van der Waals surface area contributed by atoms with Gasteiger partial charge in [-0.25, -0.2) is 4.79 Å². The minimum absolute atomic E-state index is 0.184. The van der Waals surface area contributed by atoms with Gasteiger partial charge in [0, 0.05) is 5.56 Å². The van der Waals surface area contributed by atoms with E-state index in [9.17, 15) is 9.59 Å². The summed E-state index contributed by atoms with van der Waals surface area (Å²) in [5.74, 6) is -0.616. The van der Waals surface area contributed by atoms with Crippen LogP contribution in [0.4, 0.5) is 5.82 Å². The number of carbonyl (C=O) groups is 2. The first kappa shape index (κ1) is 18.0. The van der Waals surface area contributed by atoms with Crippen molar-refractivity contribution >= 4 is 29.6 Å². The van der Waals surface area contributed by atoms with Crippen molar-refractivity contribution in [3.05, 3.63) is 54.4 Å². The third kappa shape index (κ3) is 4.63. The van der Waals surface area contributed by atoms with Gasteiger partial charge in [0.1, 0.15) is 6.33 Å². The van der Waals surface area contributed by atoms with Crippen LogP contribution in [0.15, 0.2) is 53.9 Å². The average Bonchev–Trinajstić information content (AvgIpc) is 3.16. The van der Waals surface area contributed by atoms with Gasteiger partial charge in [-0.2, -0.15) is 9.62 Å². The van der Waals surface area contributed by atoms with E-state index in [1.807, 2.05) is 0 Å². The van der Waals surface area contributed by atoms with Gasteiger partial charge in [-0.05, 0) is 31.2 Å². The molecule has 27 heavy (non-hydrogen) atoms. The lowest BCUT2D eigenvalue weighted by atomic mass is 10.2. The number of fused-ring (bicyclic) bond motifs is 1. The fourth-order valence-corrected chi connectivity index (χ4v) is 2.17.